The van der Waals surface area contributed by atoms with Crippen molar-refractivity contribution in [1.82, 2.24) is 4.31 Å². The SMILES string of the molecule is Nc1cccc(SCCS(=O)(=O)N2CCC[C@H]2CO)c1. The van der Waals surface area contributed by atoms with Crippen molar-refractivity contribution in [3.8, 4) is 0 Å². The maximum absolute atomic E-state index is 12.2. The second-order valence-corrected chi connectivity index (χ2v) is 8.04. The van der Waals surface area contributed by atoms with Gasteiger partial charge in [-0.25, -0.2) is 8.42 Å². The molecular formula is C13H20N2O3S2. The summed E-state index contributed by atoms with van der Waals surface area (Å²) in [4.78, 5) is 0.973. The molecule has 0 bridgehead atoms. The van der Waals surface area contributed by atoms with E-state index in [1.54, 1.807) is 6.07 Å². The van der Waals surface area contributed by atoms with Gasteiger partial charge in [0.15, 0.2) is 0 Å². The van der Waals surface area contributed by atoms with E-state index in [4.69, 9.17) is 5.73 Å². The number of aliphatic hydroxyl groups is 1. The van der Waals surface area contributed by atoms with Gasteiger partial charge in [0.05, 0.1) is 12.4 Å². The van der Waals surface area contributed by atoms with Gasteiger partial charge in [-0.1, -0.05) is 6.07 Å². The first-order chi connectivity index (χ1) is 9.53. The average Bonchev–Trinajstić information content (AvgIpc) is 2.87. The van der Waals surface area contributed by atoms with Crippen molar-refractivity contribution < 1.29 is 13.5 Å². The molecule has 1 fully saturated rings. The number of rotatable bonds is 6. The highest BCUT2D eigenvalue weighted by atomic mass is 32.2. The molecule has 20 heavy (non-hydrogen) atoms. The number of sulfonamides is 1. The standard InChI is InChI=1S/C13H20N2O3S2/c14-11-3-1-5-13(9-11)19-7-8-20(17,18)15-6-2-4-12(15)10-16/h1,3,5,9,12,16H,2,4,6-8,10,14H2/t12-/m0/s1. The van der Waals surface area contributed by atoms with E-state index in [2.05, 4.69) is 0 Å². The van der Waals surface area contributed by atoms with Crippen LogP contribution in [0.1, 0.15) is 12.8 Å². The van der Waals surface area contributed by atoms with Crippen LogP contribution in [0.15, 0.2) is 29.2 Å². The first kappa shape index (κ1) is 15.6. The molecule has 0 spiro atoms. The molecule has 1 heterocycles. The van der Waals surface area contributed by atoms with Crippen LogP contribution in [0.5, 0.6) is 0 Å². The molecule has 1 aliphatic rings. The minimum Gasteiger partial charge on any atom is -0.399 e. The predicted octanol–water partition coefficient (Wildman–Crippen LogP) is 1.15. The molecule has 3 N–H and O–H groups in total. The third kappa shape index (κ3) is 3.88. The van der Waals surface area contributed by atoms with Crippen molar-refractivity contribution in [2.75, 3.05) is 30.4 Å². The van der Waals surface area contributed by atoms with Gasteiger partial charge in [0.1, 0.15) is 0 Å². The highest BCUT2D eigenvalue weighted by molar-refractivity contribution is 8.00. The van der Waals surface area contributed by atoms with E-state index in [1.165, 1.54) is 16.1 Å². The van der Waals surface area contributed by atoms with E-state index < -0.39 is 10.0 Å². The zero-order chi connectivity index (χ0) is 14.6. The minimum atomic E-state index is -3.28. The van der Waals surface area contributed by atoms with Gasteiger partial charge >= 0.3 is 0 Å². The Morgan fingerprint density at radius 2 is 2.25 bits per heavy atom. The second-order valence-electron chi connectivity index (χ2n) is 4.83. The van der Waals surface area contributed by atoms with E-state index >= 15 is 0 Å². The maximum Gasteiger partial charge on any atom is 0.215 e. The number of hydrogen-bond acceptors (Lipinski definition) is 5. The summed E-state index contributed by atoms with van der Waals surface area (Å²) in [6.07, 6.45) is 1.57. The number of nitrogens with zero attached hydrogens (tertiary/aromatic N) is 1. The summed E-state index contributed by atoms with van der Waals surface area (Å²) in [5.74, 6) is 0.573. The second kappa shape index (κ2) is 6.80. The van der Waals surface area contributed by atoms with E-state index in [9.17, 15) is 13.5 Å². The molecule has 0 aromatic heterocycles. The molecule has 1 saturated heterocycles. The van der Waals surface area contributed by atoms with E-state index in [-0.39, 0.29) is 18.4 Å². The molecule has 0 saturated carbocycles. The summed E-state index contributed by atoms with van der Waals surface area (Å²) >= 11 is 1.48. The Labute approximate surface area is 124 Å². The van der Waals surface area contributed by atoms with Crippen molar-refractivity contribution in [2.24, 2.45) is 0 Å². The highest BCUT2D eigenvalue weighted by Gasteiger charge is 2.33. The van der Waals surface area contributed by atoms with Crippen LogP contribution in [0.4, 0.5) is 5.69 Å². The van der Waals surface area contributed by atoms with Crippen molar-refractivity contribution in [2.45, 2.75) is 23.8 Å². The first-order valence-corrected chi connectivity index (χ1v) is 9.21. The lowest BCUT2D eigenvalue weighted by molar-refractivity contribution is 0.213. The zero-order valence-electron chi connectivity index (χ0n) is 11.2. The van der Waals surface area contributed by atoms with Crippen LogP contribution in [0.3, 0.4) is 0 Å². The Morgan fingerprint density at radius 1 is 1.45 bits per heavy atom. The Hall–Kier alpha value is -0.760. The van der Waals surface area contributed by atoms with Crippen LogP contribution in [-0.4, -0.2) is 48.5 Å². The van der Waals surface area contributed by atoms with Gasteiger partial charge in [-0.2, -0.15) is 4.31 Å². The van der Waals surface area contributed by atoms with Crippen LogP contribution >= 0.6 is 11.8 Å². The fourth-order valence-electron chi connectivity index (χ4n) is 2.34. The third-order valence-electron chi connectivity index (χ3n) is 3.36. The van der Waals surface area contributed by atoms with Crippen molar-refractivity contribution in [3.05, 3.63) is 24.3 Å². The summed E-state index contributed by atoms with van der Waals surface area (Å²) in [6, 6.07) is 7.17. The first-order valence-electron chi connectivity index (χ1n) is 6.61. The average molecular weight is 316 g/mol. The van der Waals surface area contributed by atoms with Crippen LogP contribution in [0, 0.1) is 0 Å². The molecule has 5 nitrogen and oxygen atoms in total. The summed E-state index contributed by atoms with van der Waals surface area (Å²) in [5.41, 5.74) is 6.36. The normalized spacial score (nSPS) is 20.4. The van der Waals surface area contributed by atoms with E-state index in [1.807, 2.05) is 18.2 Å². The Morgan fingerprint density at radius 3 is 2.95 bits per heavy atom. The number of nitrogens with two attached hydrogens (primary N) is 1. The summed E-state index contributed by atoms with van der Waals surface area (Å²) in [5, 5.41) is 9.21. The maximum atomic E-state index is 12.2. The van der Waals surface area contributed by atoms with Crippen LogP contribution in [0.2, 0.25) is 0 Å². The Kier molecular flexibility index (Phi) is 5.31. The number of anilines is 1. The van der Waals surface area contributed by atoms with Crippen LogP contribution in [0.25, 0.3) is 0 Å². The molecule has 1 atom stereocenters. The van der Waals surface area contributed by atoms with Gasteiger partial charge in [0.2, 0.25) is 10.0 Å². The molecule has 0 aliphatic carbocycles. The monoisotopic (exact) mass is 316 g/mol. The largest absolute Gasteiger partial charge is 0.399 e. The Balaban J connectivity index is 1.89. The lowest BCUT2D eigenvalue weighted by atomic mass is 10.2. The number of benzene rings is 1. The highest BCUT2D eigenvalue weighted by Crippen LogP contribution is 2.24. The van der Waals surface area contributed by atoms with Gasteiger partial charge in [-0.05, 0) is 31.0 Å². The van der Waals surface area contributed by atoms with Crippen molar-refractivity contribution in [1.29, 1.82) is 0 Å². The van der Waals surface area contributed by atoms with E-state index in [0.717, 1.165) is 17.7 Å². The smallest absolute Gasteiger partial charge is 0.215 e. The van der Waals surface area contributed by atoms with E-state index in [0.29, 0.717) is 18.0 Å². The van der Waals surface area contributed by atoms with Gasteiger partial charge < -0.3 is 10.8 Å². The quantitative estimate of drug-likeness (QED) is 0.607. The van der Waals surface area contributed by atoms with Crippen molar-refractivity contribution >= 4 is 27.5 Å². The van der Waals surface area contributed by atoms with Crippen LogP contribution < -0.4 is 5.73 Å². The topological polar surface area (TPSA) is 83.6 Å². The number of aliphatic hydroxyl groups excluding tert-OH is 1. The molecule has 1 aliphatic heterocycles. The van der Waals surface area contributed by atoms with Gasteiger partial charge in [0, 0.05) is 28.9 Å². The molecule has 2 rings (SSSR count). The fraction of sp³-hybridized carbons (Fsp3) is 0.538. The molecule has 1 aromatic carbocycles. The summed E-state index contributed by atoms with van der Waals surface area (Å²) in [7, 11) is -3.28. The molecule has 112 valence electrons. The minimum absolute atomic E-state index is 0.0863. The van der Waals surface area contributed by atoms with Gasteiger partial charge in [-0.3, -0.25) is 0 Å². The third-order valence-corrected chi connectivity index (χ3v) is 6.53. The molecule has 0 amide bonds. The Bertz CT molecular complexity index is 548. The lowest BCUT2D eigenvalue weighted by Gasteiger charge is -2.22. The van der Waals surface area contributed by atoms with Gasteiger partial charge in [0.25, 0.3) is 0 Å². The number of nitrogen functional groups attached to an aromatic ring is 1. The molecule has 0 radical (unpaired) electrons. The van der Waals surface area contributed by atoms with Gasteiger partial charge in [-0.15, -0.1) is 11.8 Å². The fourth-order valence-corrected chi connectivity index (χ4v) is 5.42. The lowest BCUT2D eigenvalue weighted by Crippen LogP contribution is -2.39. The molecular weight excluding hydrogens is 296 g/mol. The van der Waals surface area contributed by atoms with Crippen molar-refractivity contribution in [3.63, 3.8) is 0 Å². The zero-order valence-corrected chi connectivity index (χ0v) is 12.9. The molecule has 1 aromatic rings. The number of hydrogen-bond donors (Lipinski definition) is 2. The predicted molar refractivity (Wildman–Crippen MR) is 82.2 cm³/mol. The molecule has 7 heteroatoms. The number of thioether (sulfide) groups is 1. The summed E-state index contributed by atoms with van der Waals surface area (Å²) in [6.45, 7) is 0.429. The summed E-state index contributed by atoms with van der Waals surface area (Å²) < 4.78 is 25.9. The molecule has 0 unspecified atom stereocenters. The van der Waals surface area contributed by atoms with Crippen LogP contribution in [-0.2, 0) is 10.0 Å².